The Hall–Kier alpha value is -2.18. The van der Waals surface area contributed by atoms with Crippen LogP contribution >= 0.6 is 23.2 Å². The number of aromatic nitrogens is 1. The molecule has 2 aromatic rings. The van der Waals surface area contributed by atoms with E-state index in [9.17, 15) is 9.59 Å². The second-order valence-corrected chi connectivity index (χ2v) is 8.07. The Morgan fingerprint density at radius 1 is 1.03 bits per heavy atom. The van der Waals surface area contributed by atoms with Crippen molar-refractivity contribution in [1.82, 2.24) is 14.4 Å². The number of anilines is 1. The summed E-state index contributed by atoms with van der Waals surface area (Å²) in [5.74, 6) is -0.0672. The highest BCUT2D eigenvalue weighted by atomic mass is 35.5. The fourth-order valence-corrected chi connectivity index (χ4v) is 3.36. The number of carbonyl (C=O) groups excluding carboxylic acids is 2. The first-order chi connectivity index (χ1) is 14.3. The monoisotopic (exact) mass is 452 g/mol. The van der Waals surface area contributed by atoms with Crippen molar-refractivity contribution in [2.24, 2.45) is 7.05 Å². The Kier molecular flexibility index (Phi) is 9.53. The lowest BCUT2D eigenvalue weighted by Crippen LogP contribution is -2.45. The number of halogens is 2. The van der Waals surface area contributed by atoms with Crippen LogP contribution in [0, 0.1) is 0 Å². The second-order valence-electron chi connectivity index (χ2n) is 7.26. The van der Waals surface area contributed by atoms with E-state index in [1.807, 2.05) is 41.8 Å². The van der Waals surface area contributed by atoms with Gasteiger partial charge in [-0.2, -0.15) is 0 Å². The predicted octanol–water partition coefficient (Wildman–Crippen LogP) is 5.40. The highest BCUT2D eigenvalue weighted by Crippen LogP contribution is 2.25. The maximum absolute atomic E-state index is 13.1. The molecule has 164 valence electrons. The Morgan fingerprint density at radius 2 is 1.80 bits per heavy atom. The molecule has 0 aliphatic rings. The van der Waals surface area contributed by atoms with Gasteiger partial charge in [0, 0.05) is 37.7 Å². The number of nitrogens with zero attached hydrogens (tertiary/aromatic N) is 3. The van der Waals surface area contributed by atoms with Crippen LogP contribution in [-0.2, 0) is 18.4 Å². The van der Waals surface area contributed by atoms with Crippen LogP contribution in [0.4, 0.5) is 10.5 Å². The van der Waals surface area contributed by atoms with E-state index >= 15 is 0 Å². The molecule has 0 spiro atoms. The summed E-state index contributed by atoms with van der Waals surface area (Å²) in [5.41, 5.74) is 1.59. The third-order valence-electron chi connectivity index (χ3n) is 4.82. The second kappa shape index (κ2) is 11.9. The molecule has 30 heavy (non-hydrogen) atoms. The molecule has 0 unspecified atom stereocenters. The number of hydrogen-bond donors (Lipinski definition) is 1. The van der Waals surface area contributed by atoms with Gasteiger partial charge in [0.05, 0.1) is 16.6 Å². The van der Waals surface area contributed by atoms with Crippen LogP contribution in [0.3, 0.4) is 0 Å². The normalized spacial score (nSPS) is 10.7. The van der Waals surface area contributed by atoms with Gasteiger partial charge in [-0.3, -0.25) is 4.79 Å². The summed E-state index contributed by atoms with van der Waals surface area (Å²) in [4.78, 5) is 29.3. The minimum atomic E-state index is -0.335. The minimum Gasteiger partial charge on any atom is -0.353 e. The summed E-state index contributed by atoms with van der Waals surface area (Å²) in [5, 5.41) is 3.59. The molecule has 1 aromatic carbocycles. The zero-order valence-corrected chi connectivity index (χ0v) is 19.3. The first-order valence-electron chi connectivity index (χ1n) is 10.2. The van der Waals surface area contributed by atoms with Crippen LogP contribution in [0.15, 0.2) is 36.5 Å². The van der Waals surface area contributed by atoms with Crippen LogP contribution in [0.2, 0.25) is 10.0 Å². The van der Waals surface area contributed by atoms with E-state index in [-0.39, 0.29) is 18.5 Å². The largest absolute Gasteiger partial charge is 0.353 e. The molecule has 0 radical (unpaired) electrons. The highest BCUT2D eigenvalue weighted by Gasteiger charge is 2.21. The number of hydrogen-bond acceptors (Lipinski definition) is 2. The fourth-order valence-electron chi connectivity index (χ4n) is 3.06. The van der Waals surface area contributed by atoms with Crippen LogP contribution in [0.25, 0.3) is 0 Å². The molecular formula is C22H30Cl2N4O2. The lowest BCUT2D eigenvalue weighted by molar-refractivity contribution is -0.132. The number of aryl methyl sites for hydroxylation is 1. The lowest BCUT2D eigenvalue weighted by Gasteiger charge is -2.28. The quantitative estimate of drug-likeness (QED) is 0.523. The Morgan fingerprint density at radius 3 is 2.40 bits per heavy atom. The highest BCUT2D eigenvalue weighted by molar-refractivity contribution is 6.42. The maximum atomic E-state index is 13.1. The number of urea groups is 1. The third-order valence-corrected chi connectivity index (χ3v) is 5.56. The van der Waals surface area contributed by atoms with Crippen LogP contribution in [-0.4, -0.2) is 45.9 Å². The van der Waals surface area contributed by atoms with Gasteiger partial charge in [0.1, 0.15) is 6.54 Å². The van der Waals surface area contributed by atoms with Crippen molar-refractivity contribution >= 4 is 40.8 Å². The Bertz CT molecular complexity index is 853. The summed E-state index contributed by atoms with van der Waals surface area (Å²) in [6.45, 7) is 5.76. The summed E-state index contributed by atoms with van der Waals surface area (Å²) in [7, 11) is 1.96. The van der Waals surface area contributed by atoms with E-state index in [0.717, 1.165) is 25.0 Å². The van der Waals surface area contributed by atoms with Crippen LogP contribution in [0.1, 0.15) is 38.8 Å². The predicted molar refractivity (Wildman–Crippen MR) is 123 cm³/mol. The van der Waals surface area contributed by atoms with E-state index in [0.29, 0.717) is 35.4 Å². The van der Waals surface area contributed by atoms with Gasteiger partial charge in [0.15, 0.2) is 0 Å². The van der Waals surface area contributed by atoms with Gasteiger partial charge in [0.25, 0.3) is 0 Å². The third kappa shape index (κ3) is 6.96. The van der Waals surface area contributed by atoms with Gasteiger partial charge in [-0.1, -0.05) is 43.5 Å². The standard InChI is InChI=1S/C22H30Cl2N4O2/c1-4-6-13-27(15-18-8-7-12-26(18)3)21(29)16-28(11-5-2)22(30)25-17-9-10-19(23)20(24)14-17/h7-10,12,14H,4-6,11,13,15-16H2,1-3H3,(H,25,30). The summed E-state index contributed by atoms with van der Waals surface area (Å²) in [6.07, 6.45) is 4.62. The molecular weight excluding hydrogens is 423 g/mol. The average molecular weight is 453 g/mol. The van der Waals surface area contributed by atoms with Gasteiger partial charge in [-0.25, -0.2) is 4.79 Å². The smallest absolute Gasteiger partial charge is 0.322 e. The van der Waals surface area contributed by atoms with Crippen molar-refractivity contribution in [1.29, 1.82) is 0 Å². The molecule has 3 amide bonds. The first-order valence-corrected chi connectivity index (χ1v) is 11.0. The molecule has 6 nitrogen and oxygen atoms in total. The molecule has 1 N–H and O–H groups in total. The van der Waals surface area contributed by atoms with Crippen molar-refractivity contribution in [2.45, 2.75) is 39.7 Å². The van der Waals surface area contributed by atoms with Crippen LogP contribution < -0.4 is 5.32 Å². The molecule has 2 rings (SSSR count). The number of carbonyl (C=O) groups is 2. The number of benzene rings is 1. The summed E-state index contributed by atoms with van der Waals surface area (Å²) < 4.78 is 2.01. The lowest BCUT2D eigenvalue weighted by atomic mass is 10.2. The molecule has 1 heterocycles. The molecule has 0 aliphatic carbocycles. The van der Waals surface area contributed by atoms with E-state index in [1.54, 1.807) is 18.2 Å². The topological polar surface area (TPSA) is 57.6 Å². The fraction of sp³-hybridized carbons (Fsp3) is 0.455. The summed E-state index contributed by atoms with van der Waals surface area (Å²) >= 11 is 12.0. The van der Waals surface area contributed by atoms with E-state index in [4.69, 9.17) is 23.2 Å². The molecule has 0 saturated carbocycles. The SMILES string of the molecule is CCCCN(Cc1cccn1C)C(=O)CN(CCC)C(=O)Nc1ccc(Cl)c(Cl)c1. The molecule has 1 aromatic heterocycles. The Balaban J connectivity index is 2.08. The van der Waals surface area contributed by atoms with Crippen molar-refractivity contribution in [3.8, 4) is 0 Å². The van der Waals surface area contributed by atoms with Crippen molar-refractivity contribution in [3.63, 3.8) is 0 Å². The average Bonchev–Trinajstić information content (AvgIpc) is 3.12. The van der Waals surface area contributed by atoms with Crippen molar-refractivity contribution in [3.05, 3.63) is 52.3 Å². The minimum absolute atomic E-state index is 0.0229. The first kappa shape index (κ1) is 24.1. The molecule has 8 heteroatoms. The van der Waals surface area contributed by atoms with Gasteiger partial charge >= 0.3 is 6.03 Å². The van der Waals surface area contributed by atoms with E-state index in [1.165, 1.54) is 4.90 Å². The molecule has 0 aliphatic heterocycles. The maximum Gasteiger partial charge on any atom is 0.322 e. The number of rotatable bonds is 10. The van der Waals surface area contributed by atoms with Gasteiger partial charge < -0.3 is 19.7 Å². The van der Waals surface area contributed by atoms with Gasteiger partial charge in [-0.15, -0.1) is 0 Å². The molecule has 0 atom stereocenters. The van der Waals surface area contributed by atoms with Gasteiger partial charge in [0.2, 0.25) is 5.91 Å². The van der Waals surface area contributed by atoms with E-state index in [2.05, 4.69) is 12.2 Å². The van der Waals surface area contributed by atoms with Gasteiger partial charge in [-0.05, 0) is 43.2 Å². The molecule has 0 fully saturated rings. The number of nitrogens with one attached hydrogen (secondary N) is 1. The number of amides is 3. The summed E-state index contributed by atoms with van der Waals surface area (Å²) in [6, 6.07) is 8.54. The number of unbranched alkanes of at least 4 members (excludes halogenated alkanes) is 1. The zero-order valence-electron chi connectivity index (χ0n) is 17.8. The Labute approximate surface area is 188 Å². The van der Waals surface area contributed by atoms with Crippen LogP contribution in [0.5, 0.6) is 0 Å². The van der Waals surface area contributed by atoms with Crippen molar-refractivity contribution < 1.29 is 9.59 Å². The zero-order chi connectivity index (χ0) is 22.1. The van der Waals surface area contributed by atoms with E-state index < -0.39 is 0 Å². The van der Waals surface area contributed by atoms with Crippen molar-refractivity contribution in [2.75, 3.05) is 25.0 Å². The molecule has 0 bridgehead atoms. The molecule has 0 saturated heterocycles.